The van der Waals surface area contributed by atoms with Gasteiger partial charge in [-0.3, -0.25) is 9.36 Å². The first-order chi connectivity index (χ1) is 11.5. The smallest absolute Gasteiger partial charge is 0.309 e. The van der Waals surface area contributed by atoms with Crippen molar-refractivity contribution in [3.63, 3.8) is 0 Å². The second-order valence-electron chi connectivity index (χ2n) is 5.56. The molecule has 0 amide bonds. The zero-order valence-electron chi connectivity index (χ0n) is 14.9. The molecule has 0 aliphatic rings. The van der Waals surface area contributed by atoms with E-state index in [1.165, 1.54) is 24.2 Å². The third kappa shape index (κ3) is 7.98. The molecular formula is C18H29O4PS. The number of thioether (sulfide) groups is 1. The Balaban J connectivity index is 2.60. The van der Waals surface area contributed by atoms with E-state index in [2.05, 4.69) is 12.1 Å². The fraction of sp³-hybridized carbons (Fsp3) is 0.611. The van der Waals surface area contributed by atoms with Gasteiger partial charge in [0.15, 0.2) is 5.12 Å². The molecule has 1 rings (SSSR count). The van der Waals surface area contributed by atoms with Gasteiger partial charge in [0.2, 0.25) is 0 Å². The zero-order chi connectivity index (χ0) is 17.8. The van der Waals surface area contributed by atoms with Gasteiger partial charge < -0.3 is 9.05 Å². The molecule has 0 heterocycles. The molecule has 6 heteroatoms. The summed E-state index contributed by atoms with van der Waals surface area (Å²) in [7, 11) is -3.17. The lowest BCUT2D eigenvalue weighted by Gasteiger charge is -2.25. The Morgan fingerprint density at radius 1 is 1.12 bits per heavy atom. The number of hydrogen-bond acceptors (Lipinski definition) is 5. The highest BCUT2D eigenvalue weighted by Crippen LogP contribution is 2.55. The summed E-state index contributed by atoms with van der Waals surface area (Å²) in [4.78, 5) is 11.3. The van der Waals surface area contributed by atoms with Gasteiger partial charge in [0, 0.05) is 12.7 Å². The molecule has 0 saturated heterocycles. The van der Waals surface area contributed by atoms with E-state index in [4.69, 9.17) is 9.05 Å². The van der Waals surface area contributed by atoms with E-state index in [9.17, 15) is 9.36 Å². The van der Waals surface area contributed by atoms with Crippen molar-refractivity contribution in [3.05, 3.63) is 35.9 Å². The largest absolute Gasteiger partial charge is 0.334 e. The Morgan fingerprint density at radius 3 is 2.29 bits per heavy atom. The van der Waals surface area contributed by atoms with Crippen molar-refractivity contribution in [2.24, 2.45) is 0 Å². The van der Waals surface area contributed by atoms with Crippen LogP contribution in [0.4, 0.5) is 0 Å². The number of rotatable bonds is 12. The van der Waals surface area contributed by atoms with Crippen LogP contribution < -0.4 is 0 Å². The normalized spacial score (nSPS) is 13.0. The summed E-state index contributed by atoms with van der Waals surface area (Å²) in [6, 6.07) is 10.3. The molecule has 0 aliphatic carbocycles. The summed E-state index contributed by atoms with van der Waals surface area (Å²) in [5, 5.41) is 0.0313. The second kappa shape index (κ2) is 11.9. The van der Waals surface area contributed by atoms with Crippen molar-refractivity contribution in [3.8, 4) is 0 Å². The molecule has 136 valence electrons. The van der Waals surface area contributed by atoms with Crippen LogP contribution in [0.25, 0.3) is 0 Å². The van der Waals surface area contributed by atoms with Crippen LogP contribution in [0.2, 0.25) is 0 Å². The van der Waals surface area contributed by atoms with Crippen molar-refractivity contribution < 1.29 is 18.4 Å². The van der Waals surface area contributed by atoms with Gasteiger partial charge in [-0.25, -0.2) is 0 Å². The van der Waals surface area contributed by atoms with E-state index in [1.54, 1.807) is 0 Å². The van der Waals surface area contributed by atoms with E-state index >= 15 is 0 Å². The molecule has 0 radical (unpaired) electrons. The fourth-order valence-electron chi connectivity index (χ4n) is 2.51. The first-order valence-corrected chi connectivity index (χ1v) is 11.2. The SMILES string of the molecule is CCOP(=O)(OCC)C(CCCCc1ccccc1)CSC(C)=O. The van der Waals surface area contributed by atoms with Gasteiger partial charge in [0.1, 0.15) is 0 Å². The molecule has 0 bridgehead atoms. The first-order valence-electron chi connectivity index (χ1n) is 8.58. The van der Waals surface area contributed by atoms with E-state index in [1.807, 2.05) is 32.0 Å². The van der Waals surface area contributed by atoms with Gasteiger partial charge >= 0.3 is 7.60 Å². The molecule has 0 spiro atoms. The highest BCUT2D eigenvalue weighted by atomic mass is 32.2. The maximum absolute atomic E-state index is 13.0. The Morgan fingerprint density at radius 2 is 1.75 bits per heavy atom. The number of carbonyl (C=O) groups is 1. The Hall–Kier alpha value is -0.610. The van der Waals surface area contributed by atoms with Crippen LogP contribution in [-0.2, 0) is 24.8 Å². The molecule has 1 aromatic carbocycles. The van der Waals surface area contributed by atoms with Crippen LogP contribution in [-0.4, -0.2) is 29.7 Å². The lowest BCUT2D eigenvalue weighted by molar-refractivity contribution is -0.109. The molecule has 0 saturated carbocycles. The van der Waals surface area contributed by atoms with E-state index in [-0.39, 0.29) is 10.8 Å². The first kappa shape index (κ1) is 21.4. The predicted octanol–water partition coefficient (Wildman–Crippen LogP) is 5.31. The van der Waals surface area contributed by atoms with Gasteiger partial charge in [-0.2, -0.15) is 0 Å². The van der Waals surface area contributed by atoms with Crippen LogP contribution >= 0.6 is 19.4 Å². The van der Waals surface area contributed by atoms with Crippen LogP contribution in [0.3, 0.4) is 0 Å². The van der Waals surface area contributed by atoms with Gasteiger partial charge in [0.05, 0.1) is 18.9 Å². The monoisotopic (exact) mass is 372 g/mol. The summed E-state index contributed by atoms with van der Waals surface area (Å²) < 4.78 is 24.0. The van der Waals surface area contributed by atoms with Crippen molar-refractivity contribution in [1.29, 1.82) is 0 Å². The van der Waals surface area contributed by atoms with Crippen LogP contribution in [0.1, 0.15) is 45.6 Å². The van der Waals surface area contributed by atoms with Gasteiger partial charge in [-0.15, -0.1) is 0 Å². The maximum atomic E-state index is 13.0. The van der Waals surface area contributed by atoms with Gasteiger partial charge in [-0.05, 0) is 38.7 Å². The zero-order valence-corrected chi connectivity index (χ0v) is 16.6. The minimum Gasteiger partial charge on any atom is -0.309 e. The highest BCUT2D eigenvalue weighted by Gasteiger charge is 2.35. The summed E-state index contributed by atoms with van der Waals surface area (Å²) in [6.45, 7) is 5.86. The van der Waals surface area contributed by atoms with Crippen LogP contribution in [0.5, 0.6) is 0 Å². The van der Waals surface area contributed by atoms with Crippen molar-refractivity contribution >= 4 is 24.5 Å². The number of aryl methyl sites for hydroxylation is 1. The molecule has 0 fully saturated rings. The van der Waals surface area contributed by atoms with E-state index in [0.717, 1.165) is 25.7 Å². The second-order valence-corrected chi connectivity index (χ2v) is 9.09. The average molecular weight is 372 g/mol. The molecule has 1 aromatic rings. The van der Waals surface area contributed by atoms with Gasteiger partial charge in [-0.1, -0.05) is 48.5 Å². The lowest BCUT2D eigenvalue weighted by atomic mass is 10.1. The molecule has 0 aliphatic heterocycles. The number of hydrogen-bond donors (Lipinski definition) is 0. The lowest BCUT2D eigenvalue weighted by Crippen LogP contribution is -2.17. The molecule has 4 nitrogen and oxygen atoms in total. The molecular weight excluding hydrogens is 343 g/mol. The fourth-order valence-corrected chi connectivity index (χ4v) is 5.77. The number of benzene rings is 1. The third-order valence-corrected chi connectivity index (χ3v) is 7.43. The highest BCUT2D eigenvalue weighted by molar-refractivity contribution is 8.13. The van der Waals surface area contributed by atoms with Crippen LogP contribution in [0, 0.1) is 0 Å². The number of carbonyl (C=O) groups excluding carboxylic acids is 1. The third-order valence-electron chi connectivity index (χ3n) is 3.64. The van der Waals surface area contributed by atoms with Crippen molar-refractivity contribution in [1.82, 2.24) is 0 Å². The van der Waals surface area contributed by atoms with Crippen LogP contribution in [0.15, 0.2) is 30.3 Å². The van der Waals surface area contributed by atoms with E-state index < -0.39 is 7.60 Å². The molecule has 1 atom stereocenters. The molecule has 24 heavy (non-hydrogen) atoms. The van der Waals surface area contributed by atoms with Crippen molar-refractivity contribution in [2.45, 2.75) is 52.1 Å². The molecule has 0 aromatic heterocycles. The standard InChI is InChI=1S/C18H29O4PS/c1-4-21-23(20,22-5-2)18(15-24-16(3)19)14-10-9-13-17-11-7-6-8-12-17/h6-8,11-12,18H,4-5,9-10,13-15H2,1-3H3. The van der Waals surface area contributed by atoms with E-state index in [0.29, 0.717) is 19.0 Å². The number of unbranched alkanes of at least 4 members (excludes halogenated alkanes) is 1. The quantitative estimate of drug-likeness (QED) is 0.367. The van der Waals surface area contributed by atoms with Gasteiger partial charge in [0.25, 0.3) is 0 Å². The summed E-state index contributed by atoms with van der Waals surface area (Å²) in [6.07, 6.45) is 3.69. The summed E-state index contributed by atoms with van der Waals surface area (Å²) in [5.41, 5.74) is 1.08. The summed E-state index contributed by atoms with van der Waals surface area (Å²) >= 11 is 1.20. The average Bonchev–Trinajstić information content (AvgIpc) is 2.55. The molecule has 1 unspecified atom stereocenters. The summed E-state index contributed by atoms with van der Waals surface area (Å²) in [5.74, 6) is 0.484. The maximum Gasteiger partial charge on any atom is 0.334 e. The Kier molecular flexibility index (Phi) is 10.6. The molecule has 0 N–H and O–H groups in total. The topological polar surface area (TPSA) is 52.6 Å². The minimum atomic E-state index is -3.17. The Bertz CT molecular complexity index is 511. The minimum absolute atomic E-state index is 0.0313. The predicted molar refractivity (Wildman–Crippen MR) is 102 cm³/mol. The Labute approximate surface area is 150 Å². The van der Waals surface area contributed by atoms with Crippen molar-refractivity contribution in [2.75, 3.05) is 19.0 Å².